The monoisotopic (exact) mass is 314 g/mol. The van der Waals surface area contributed by atoms with Crippen LogP contribution in [0.3, 0.4) is 0 Å². The third kappa shape index (κ3) is 2.90. The number of rotatable bonds is 1. The molecule has 1 N–H and O–H groups in total. The van der Waals surface area contributed by atoms with E-state index in [-0.39, 0.29) is 23.6 Å². The van der Waals surface area contributed by atoms with Gasteiger partial charge in [-0.25, -0.2) is 4.39 Å². The van der Waals surface area contributed by atoms with Crippen LogP contribution in [0.15, 0.2) is 22.7 Å². The number of hydrogen-bond acceptors (Lipinski definition) is 2. The third-order valence-corrected chi connectivity index (χ3v) is 3.50. The van der Waals surface area contributed by atoms with Crippen LogP contribution >= 0.6 is 15.9 Å². The smallest absolute Gasteiger partial charge is 0.256 e. The maximum Gasteiger partial charge on any atom is 0.256 e. The van der Waals surface area contributed by atoms with Crippen LogP contribution in [0.4, 0.5) is 4.39 Å². The number of piperazine rings is 1. The minimum Gasteiger partial charge on any atom is -0.335 e. The summed E-state index contributed by atoms with van der Waals surface area (Å²) in [6.45, 7) is 5.25. The van der Waals surface area contributed by atoms with Crippen LogP contribution in [0, 0.1) is 5.82 Å². The average molecular weight is 315 g/mol. The molecule has 0 bridgehead atoms. The largest absolute Gasteiger partial charge is 0.335 e. The van der Waals surface area contributed by atoms with E-state index in [4.69, 9.17) is 0 Å². The molecule has 1 aromatic rings. The maximum atomic E-state index is 13.7. The second-order valence-electron chi connectivity index (χ2n) is 4.80. The lowest BCUT2D eigenvalue weighted by atomic mass is 10.1. The second kappa shape index (κ2) is 5.36. The molecule has 2 atom stereocenters. The summed E-state index contributed by atoms with van der Waals surface area (Å²) in [5.41, 5.74) is 0.130. The van der Waals surface area contributed by atoms with Gasteiger partial charge in [-0.3, -0.25) is 4.79 Å². The van der Waals surface area contributed by atoms with Crippen molar-refractivity contribution in [2.75, 3.05) is 13.1 Å². The molecule has 2 rings (SSSR count). The highest BCUT2D eigenvalue weighted by Gasteiger charge is 2.27. The molecule has 0 saturated carbocycles. The van der Waals surface area contributed by atoms with Gasteiger partial charge in [0.2, 0.25) is 0 Å². The van der Waals surface area contributed by atoms with Crippen molar-refractivity contribution >= 4 is 21.8 Å². The standard InChI is InChI=1S/C13H16BrFN2O/c1-8-6-17(7-9(2)16-8)13(18)11-5-10(14)3-4-12(11)15/h3-5,8-9,16H,6-7H2,1-2H3. The van der Waals surface area contributed by atoms with Gasteiger partial charge in [0, 0.05) is 29.6 Å². The number of halogens is 2. The summed E-state index contributed by atoms with van der Waals surface area (Å²) in [4.78, 5) is 14.0. The number of amides is 1. The zero-order chi connectivity index (χ0) is 13.3. The Kier molecular flexibility index (Phi) is 4.02. The molecule has 0 spiro atoms. The Bertz CT molecular complexity index is 456. The summed E-state index contributed by atoms with van der Waals surface area (Å²) < 4.78 is 14.4. The molecule has 1 amide bonds. The summed E-state index contributed by atoms with van der Waals surface area (Å²) in [6, 6.07) is 4.90. The molecule has 2 unspecified atom stereocenters. The summed E-state index contributed by atoms with van der Waals surface area (Å²) >= 11 is 3.26. The van der Waals surface area contributed by atoms with E-state index in [1.807, 2.05) is 13.8 Å². The van der Waals surface area contributed by atoms with Gasteiger partial charge in [0.1, 0.15) is 5.82 Å². The minimum atomic E-state index is -0.470. The molecule has 18 heavy (non-hydrogen) atoms. The van der Waals surface area contributed by atoms with E-state index in [2.05, 4.69) is 21.2 Å². The first-order valence-electron chi connectivity index (χ1n) is 5.97. The van der Waals surface area contributed by atoms with Gasteiger partial charge in [0.15, 0.2) is 0 Å². The Balaban J connectivity index is 2.22. The fourth-order valence-electron chi connectivity index (χ4n) is 2.32. The SMILES string of the molecule is CC1CN(C(=O)c2cc(Br)ccc2F)CC(C)N1. The van der Waals surface area contributed by atoms with E-state index in [1.54, 1.807) is 11.0 Å². The molecule has 5 heteroatoms. The van der Waals surface area contributed by atoms with Crippen LogP contribution in [-0.2, 0) is 0 Å². The normalized spacial score (nSPS) is 24.1. The average Bonchev–Trinajstić information content (AvgIpc) is 2.30. The van der Waals surface area contributed by atoms with Gasteiger partial charge in [0.05, 0.1) is 5.56 Å². The highest BCUT2D eigenvalue weighted by Crippen LogP contribution is 2.18. The Morgan fingerprint density at radius 1 is 1.39 bits per heavy atom. The van der Waals surface area contributed by atoms with Crippen molar-refractivity contribution in [3.8, 4) is 0 Å². The van der Waals surface area contributed by atoms with E-state index in [1.165, 1.54) is 12.1 Å². The Labute approximate surface area is 114 Å². The highest BCUT2D eigenvalue weighted by molar-refractivity contribution is 9.10. The quantitative estimate of drug-likeness (QED) is 0.863. The van der Waals surface area contributed by atoms with E-state index in [9.17, 15) is 9.18 Å². The predicted octanol–water partition coefficient (Wildman–Crippen LogP) is 2.41. The predicted molar refractivity (Wildman–Crippen MR) is 72.1 cm³/mol. The lowest BCUT2D eigenvalue weighted by molar-refractivity contribution is 0.0669. The van der Waals surface area contributed by atoms with Gasteiger partial charge in [-0.2, -0.15) is 0 Å². The molecule has 1 saturated heterocycles. The number of nitrogens with zero attached hydrogens (tertiary/aromatic N) is 1. The summed E-state index contributed by atoms with van der Waals surface area (Å²) in [5, 5.41) is 3.34. The molecule has 0 aliphatic carbocycles. The van der Waals surface area contributed by atoms with E-state index < -0.39 is 5.82 Å². The molecule has 1 aliphatic heterocycles. The van der Waals surface area contributed by atoms with Gasteiger partial charge < -0.3 is 10.2 Å². The molecule has 3 nitrogen and oxygen atoms in total. The van der Waals surface area contributed by atoms with Crippen LogP contribution in [0.25, 0.3) is 0 Å². The molecule has 1 heterocycles. The van der Waals surface area contributed by atoms with Crippen LogP contribution in [0.1, 0.15) is 24.2 Å². The maximum absolute atomic E-state index is 13.7. The van der Waals surface area contributed by atoms with Crippen LogP contribution in [-0.4, -0.2) is 36.0 Å². The summed E-state index contributed by atoms with van der Waals surface area (Å²) in [6.07, 6.45) is 0. The number of nitrogens with one attached hydrogen (secondary N) is 1. The zero-order valence-electron chi connectivity index (χ0n) is 10.4. The highest BCUT2D eigenvalue weighted by atomic mass is 79.9. The minimum absolute atomic E-state index is 0.130. The number of carbonyl (C=O) groups is 1. The van der Waals surface area contributed by atoms with Crippen LogP contribution in [0.2, 0.25) is 0 Å². The van der Waals surface area contributed by atoms with Gasteiger partial charge in [0.25, 0.3) is 5.91 Å². The molecule has 1 fully saturated rings. The first-order chi connectivity index (χ1) is 8.47. The molecule has 1 aliphatic rings. The van der Waals surface area contributed by atoms with Crippen molar-refractivity contribution in [3.63, 3.8) is 0 Å². The third-order valence-electron chi connectivity index (χ3n) is 3.00. The van der Waals surface area contributed by atoms with Crippen molar-refractivity contribution in [2.45, 2.75) is 25.9 Å². The number of benzene rings is 1. The van der Waals surface area contributed by atoms with Crippen molar-refractivity contribution in [3.05, 3.63) is 34.1 Å². The Morgan fingerprint density at radius 3 is 2.61 bits per heavy atom. The molecule has 98 valence electrons. The fourth-order valence-corrected chi connectivity index (χ4v) is 2.69. The summed E-state index contributed by atoms with van der Waals surface area (Å²) in [7, 11) is 0. The van der Waals surface area contributed by atoms with Crippen molar-refractivity contribution in [2.24, 2.45) is 0 Å². The fraction of sp³-hybridized carbons (Fsp3) is 0.462. The van der Waals surface area contributed by atoms with Gasteiger partial charge in [-0.15, -0.1) is 0 Å². The first kappa shape index (κ1) is 13.5. The lowest BCUT2D eigenvalue weighted by Gasteiger charge is -2.36. The molecule has 1 aromatic carbocycles. The first-order valence-corrected chi connectivity index (χ1v) is 6.77. The van der Waals surface area contributed by atoms with Crippen molar-refractivity contribution in [1.82, 2.24) is 10.2 Å². The van der Waals surface area contributed by atoms with E-state index in [0.717, 1.165) is 0 Å². The van der Waals surface area contributed by atoms with Gasteiger partial charge >= 0.3 is 0 Å². The van der Waals surface area contributed by atoms with Gasteiger partial charge in [-0.1, -0.05) is 15.9 Å². The molecular weight excluding hydrogens is 299 g/mol. The van der Waals surface area contributed by atoms with E-state index >= 15 is 0 Å². The molecule has 0 radical (unpaired) electrons. The molecule has 0 aromatic heterocycles. The van der Waals surface area contributed by atoms with Crippen molar-refractivity contribution in [1.29, 1.82) is 0 Å². The van der Waals surface area contributed by atoms with Gasteiger partial charge in [-0.05, 0) is 32.0 Å². The lowest BCUT2D eigenvalue weighted by Crippen LogP contribution is -2.55. The van der Waals surface area contributed by atoms with E-state index in [0.29, 0.717) is 17.6 Å². The zero-order valence-corrected chi connectivity index (χ0v) is 12.0. The Morgan fingerprint density at radius 2 is 2.00 bits per heavy atom. The van der Waals surface area contributed by atoms with Crippen molar-refractivity contribution < 1.29 is 9.18 Å². The van der Waals surface area contributed by atoms with Crippen LogP contribution in [0.5, 0.6) is 0 Å². The Hall–Kier alpha value is -0.940. The summed E-state index contributed by atoms with van der Waals surface area (Å²) in [5.74, 6) is -0.712. The molecular formula is C13H16BrFN2O. The number of hydrogen-bond donors (Lipinski definition) is 1. The second-order valence-corrected chi connectivity index (χ2v) is 5.72. The number of carbonyl (C=O) groups excluding carboxylic acids is 1. The van der Waals surface area contributed by atoms with Crippen LogP contribution < -0.4 is 5.32 Å². The topological polar surface area (TPSA) is 32.3 Å².